The SMILES string of the molecule is CCN(CC(C)N(CC)c1ccc(C#N)cn1)C(=O)COC1(c2cncc(F)c2)CCC1. The van der Waals surface area contributed by atoms with Gasteiger partial charge in [0.15, 0.2) is 0 Å². The lowest BCUT2D eigenvalue weighted by atomic mass is 9.75. The van der Waals surface area contributed by atoms with Crippen LogP contribution in [0.1, 0.15) is 51.2 Å². The van der Waals surface area contributed by atoms with Gasteiger partial charge in [-0.3, -0.25) is 9.78 Å². The number of halogens is 1. The van der Waals surface area contributed by atoms with Crippen molar-refractivity contribution in [3.8, 4) is 6.07 Å². The molecule has 1 atom stereocenters. The van der Waals surface area contributed by atoms with Crippen molar-refractivity contribution in [1.82, 2.24) is 14.9 Å². The molecule has 3 rings (SSSR count). The topological polar surface area (TPSA) is 82.3 Å². The molecule has 1 saturated carbocycles. The monoisotopic (exact) mass is 439 g/mol. The minimum atomic E-state index is -0.627. The van der Waals surface area contributed by atoms with Crippen LogP contribution in [-0.2, 0) is 15.1 Å². The molecule has 8 heteroatoms. The molecule has 1 amide bonds. The first kappa shape index (κ1) is 23.6. The molecule has 1 unspecified atom stereocenters. The number of amides is 1. The van der Waals surface area contributed by atoms with Gasteiger partial charge in [-0.2, -0.15) is 5.26 Å². The first-order valence-corrected chi connectivity index (χ1v) is 11.1. The summed E-state index contributed by atoms with van der Waals surface area (Å²) in [6.45, 7) is 7.76. The van der Waals surface area contributed by atoms with E-state index >= 15 is 0 Å². The number of likely N-dealkylation sites (N-methyl/N-ethyl adjacent to an activating group) is 2. The van der Waals surface area contributed by atoms with Gasteiger partial charge in [0, 0.05) is 43.6 Å². The van der Waals surface area contributed by atoms with E-state index < -0.39 is 11.4 Å². The molecule has 1 aliphatic carbocycles. The predicted octanol–water partition coefficient (Wildman–Crippen LogP) is 3.65. The predicted molar refractivity (Wildman–Crippen MR) is 119 cm³/mol. The average Bonchev–Trinajstić information content (AvgIpc) is 2.77. The van der Waals surface area contributed by atoms with Crippen LogP contribution in [0.2, 0.25) is 0 Å². The Hall–Kier alpha value is -3.05. The van der Waals surface area contributed by atoms with Gasteiger partial charge < -0.3 is 14.5 Å². The highest BCUT2D eigenvalue weighted by Gasteiger charge is 2.41. The fourth-order valence-corrected chi connectivity index (χ4v) is 4.11. The van der Waals surface area contributed by atoms with Gasteiger partial charge >= 0.3 is 0 Å². The summed E-state index contributed by atoms with van der Waals surface area (Å²) in [4.78, 5) is 25.2. The number of carbonyl (C=O) groups excluding carboxylic acids is 1. The zero-order chi connectivity index (χ0) is 23.1. The van der Waals surface area contributed by atoms with Crippen LogP contribution in [0.3, 0.4) is 0 Å². The van der Waals surface area contributed by atoms with Crippen molar-refractivity contribution >= 4 is 11.7 Å². The normalized spacial score (nSPS) is 15.3. The van der Waals surface area contributed by atoms with Gasteiger partial charge in [0.2, 0.25) is 5.91 Å². The number of nitriles is 1. The van der Waals surface area contributed by atoms with E-state index in [0.29, 0.717) is 24.2 Å². The molecular weight excluding hydrogens is 409 g/mol. The summed E-state index contributed by atoms with van der Waals surface area (Å²) < 4.78 is 19.7. The lowest BCUT2D eigenvalue weighted by molar-refractivity contribution is -0.153. The van der Waals surface area contributed by atoms with E-state index in [0.717, 1.165) is 31.6 Å². The molecule has 2 heterocycles. The molecule has 2 aromatic heterocycles. The van der Waals surface area contributed by atoms with E-state index in [1.165, 1.54) is 12.3 Å². The van der Waals surface area contributed by atoms with Gasteiger partial charge in [-0.05, 0) is 58.2 Å². The quantitative estimate of drug-likeness (QED) is 0.562. The highest BCUT2D eigenvalue weighted by Crippen LogP contribution is 2.44. The third-order valence-electron chi connectivity index (χ3n) is 6.13. The van der Waals surface area contributed by atoms with Gasteiger partial charge in [0.25, 0.3) is 0 Å². The number of rotatable bonds is 10. The number of aromatic nitrogens is 2. The second-order valence-electron chi connectivity index (χ2n) is 8.11. The third-order valence-corrected chi connectivity index (χ3v) is 6.13. The Bertz CT molecular complexity index is 956. The Kier molecular flexibility index (Phi) is 7.75. The lowest BCUT2D eigenvalue weighted by Crippen LogP contribution is -2.47. The highest BCUT2D eigenvalue weighted by atomic mass is 19.1. The number of ether oxygens (including phenoxy) is 1. The second kappa shape index (κ2) is 10.5. The summed E-state index contributed by atoms with van der Waals surface area (Å²) in [6, 6.07) is 7.11. The van der Waals surface area contributed by atoms with E-state index in [9.17, 15) is 9.18 Å². The molecule has 0 spiro atoms. The molecule has 0 aliphatic heterocycles. The van der Waals surface area contributed by atoms with Crippen molar-refractivity contribution in [2.45, 2.75) is 51.7 Å². The maximum atomic E-state index is 13.7. The van der Waals surface area contributed by atoms with Crippen molar-refractivity contribution in [3.05, 3.63) is 53.7 Å². The number of hydrogen-bond acceptors (Lipinski definition) is 6. The minimum Gasteiger partial charge on any atom is -0.360 e. The average molecular weight is 440 g/mol. The standard InChI is InChI=1S/C24H30FN5O2/c1-4-29(16-18(3)30(5-2)22-8-7-19(12-26)13-28-22)23(31)17-32-24(9-6-10-24)20-11-21(25)15-27-14-20/h7-8,11,13-15,18H,4-6,9-10,16-17H2,1-3H3. The van der Waals surface area contributed by atoms with Gasteiger partial charge in [0.1, 0.15) is 24.3 Å². The molecule has 0 N–H and O–H groups in total. The maximum absolute atomic E-state index is 13.7. The summed E-state index contributed by atoms with van der Waals surface area (Å²) in [7, 11) is 0. The number of anilines is 1. The number of carbonyl (C=O) groups is 1. The molecule has 0 aromatic carbocycles. The Morgan fingerprint density at radius 1 is 1.28 bits per heavy atom. The molecule has 0 saturated heterocycles. The Balaban J connectivity index is 1.62. The van der Waals surface area contributed by atoms with Gasteiger partial charge in [-0.1, -0.05) is 0 Å². The Morgan fingerprint density at radius 3 is 2.59 bits per heavy atom. The largest absolute Gasteiger partial charge is 0.360 e. The smallest absolute Gasteiger partial charge is 0.248 e. The second-order valence-corrected chi connectivity index (χ2v) is 8.11. The van der Waals surface area contributed by atoms with Crippen molar-refractivity contribution < 1.29 is 13.9 Å². The van der Waals surface area contributed by atoms with E-state index in [2.05, 4.69) is 20.9 Å². The summed E-state index contributed by atoms with van der Waals surface area (Å²) in [5, 5.41) is 8.98. The Morgan fingerprint density at radius 2 is 2.06 bits per heavy atom. The molecule has 0 bridgehead atoms. The summed E-state index contributed by atoms with van der Waals surface area (Å²) in [5.74, 6) is 0.272. The molecule has 2 aromatic rings. The van der Waals surface area contributed by atoms with Crippen LogP contribution in [0.4, 0.5) is 10.2 Å². The van der Waals surface area contributed by atoms with Gasteiger partial charge in [-0.25, -0.2) is 9.37 Å². The number of nitrogens with zero attached hydrogens (tertiary/aromatic N) is 5. The van der Waals surface area contributed by atoms with Gasteiger partial charge in [0.05, 0.1) is 17.4 Å². The van der Waals surface area contributed by atoms with Crippen LogP contribution in [-0.4, -0.2) is 53.1 Å². The highest BCUT2D eigenvalue weighted by molar-refractivity contribution is 5.77. The first-order chi connectivity index (χ1) is 15.4. The van der Waals surface area contributed by atoms with Crippen molar-refractivity contribution in [1.29, 1.82) is 5.26 Å². The van der Waals surface area contributed by atoms with E-state index in [1.54, 1.807) is 23.4 Å². The lowest BCUT2D eigenvalue weighted by Gasteiger charge is -2.42. The fraction of sp³-hybridized carbons (Fsp3) is 0.500. The van der Waals surface area contributed by atoms with Crippen molar-refractivity contribution in [2.75, 3.05) is 31.1 Å². The van der Waals surface area contributed by atoms with Crippen LogP contribution in [0.5, 0.6) is 0 Å². The van der Waals surface area contributed by atoms with E-state index in [-0.39, 0.29) is 18.6 Å². The van der Waals surface area contributed by atoms with Crippen molar-refractivity contribution in [3.63, 3.8) is 0 Å². The molecule has 170 valence electrons. The van der Waals surface area contributed by atoms with E-state index in [1.807, 2.05) is 26.8 Å². The first-order valence-electron chi connectivity index (χ1n) is 11.1. The summed E-state index contributed by atoms with van der Waals surface area (Å²) >= 11 is 0. The maximum Gasteiger partial charge on any atom is 0.248 e. The van der Waals surface area contributed by atoms with Crippen LogP contribution in [0.15, 0.2) is 36.8 Å². The van der Waals surface area contributed by atoms with Crippen LogP contribution < -0.4 is 4.90 Å². The molecule has 0 radical (unpaired) electrons. The third kappa shape index (κ3) is 5.22. The zero-order valence-electron chi connectivity index (χ0n) is 18.9. The summed E-state index contributed by atoms with van der Waals surface area (Å²) in [5.41, 5.74) is 0.577. The molecule has 1 fully saturated rings. The number of hydrogen-bond donors (Lipinski definition) is 0. The van der Waals surface area contributed by atoms with Crippen LogP contribution >= 0.6 is 0 Å². The van der Waals surface area contributed by atoms with E-state index in [4.69, 9.17) is 10.00 Å². The zero-order valence-corrected chi connectivity index (χ0v) is 18.9. The van der Waals surface area contributed by atoms with Crippen LogP contribution in [0, 0.1) is 17.1 Å². The fourth-order valence-electron chi connectivity index (χ4n) is 4.11. The molecule has 32 heavy (non-hydrogen) atoms. The summed E-state index contributed by atoms with van der Waals surface area (Å²) in [6.07, 6.45) is 6.83. The van der Waals surface area contributed by atoms with Crippen molar-refractivity contribution in [2.24, 2.45) is 0 Å². The molecular formula is C24H30FN5O2. The molecule has 7 nitrogen and oxygen atoms in total. The van der Waals surface area contributed by atoms with Gasteiger partial charge in [-0.15, -0.1) is 0 Å². The number of pyridine rings is 2. The Labute approximate surface area is 188 Å². The minimum absolute atomic E-state index is 0.0226. The van der Waals surface area contributed by atoms with Crippen LogP contribution in [0.25, 0.3) is 0 Å². The molecule has 1 aliphatic rings.